The highest BCUT2D eigenvalue weighted by atomic mass is 32.2. The van der Waals surface area contributed by atoms with E-state index in [1.807, 2.05) is 40.9 Å². The largest absolute Gasteiger partial charge is 0.361 e. The van der Waals surface area contributed by atoms with Gasteiger partial charge in [-0.3, -0.25) is 4.79 Å². The van der Waals surface area contributed by atoms with Gasteiger partial charge >= 0.3 is 0 Å². The third kappa shape index (κ3) is 1.32. The van der Waals surface area contributed by atoms with Gasteiger partial charge in [-0.1, -0.05) is 36.4 Å². The summed E-state index contributed by atoms with van der Waals surface area (Å²) in [5.74, 6) is 1.13. The van der Waals surface area contributed by atoms with Gasteiger partial charge in [0, 0.05) is 46.1 Å². The predicted octanol–water partition coefficient (Wildman–Crippen LogP) is 3.57. The molecule has 5 rings (SSSR count). The van der Waals surface area contributed by atoms with Crippen molar-refractivity contribution >= 4 is 28.6 Å². The summed E-state index contributed by atoms with van der Waals surface area (Å²) < 4.78 is 0. The first kappa shape index (κ1) is 12.4. The summed E-state index contributed by atoms with van der Waals surface area (Å²) in [4.78, 5) is 17.9. The second-order valence-corrected chi connectivity index (χ2v) is 7.03. The van der Waals surface area contributed by atoms with Crippen molar-refractivity contribution in [3.05, 3.63) is 71.4 Å². The third-order valence-corrected chi connectivity index (χ3v) is 6.19. The molecule has 0 radical (unpaired) electrons. The third-order valence-electron chi connectivity index (χ3n) is 4.73. The van der Waals surface area contributed by atoms with E-state index in [2.05, 4.69) is 35.4 Å². The standard InChI is InChI=1S/C18H14N2OS/c21-17-13-6-1-3-7-14(13)18(20(17)9-10-22-18)15-11-19-16-8-4-2-5-12(15)16/h1-8,11,19H,9-10H2. The van der Waals surface area contributed by atoms with Crippen molar-refractivity contribution in [3.8, 4) is 0 Å². The second-order valence-electron chi connectivity index (χ2n) is 5.74. The lowest BCUT2D eigenvalue weighted by Crippen LogP contribution is -2.37. The number of hydrogen-bond donors (Lipinski definition) is 1. The highest BCUT2D eigenvalue weighted by Crippen LogP contribution is 2.56. The molecule has 2 aromatic carbocycles. The lowest BCUT2D eigenvalue weighted by Gasteiger charge is -2.31. The van der Waals surface area contributed by atoms with Crippen LogP contribution in [0, 0.1) is 0 Å². The van der Waals surface area contributed by atoms with Gasteiger partial charge in [0.1, 0.15) is 4.87 Å². The number of thioether (sulfide) groups is 1. The summed E-state index contributed by atoms with van der Waals surface area (Å²) in [6.07, 6.45) is 2.07. The van der Waals surface area contributed by atoms with E-state index in [1.165, 1.54) is 10.9 Å². The van der Waals surface area contributed by atoms with E-state index in [4.69, 9.17) is 0 Å². The van der Waals surface area contributed by atoms with Crippen LogP contribution in [0.2, 0.25) is 0 Å². The molecule has 1 aromatic heterocycles. The molecule has 108 valence electrons. The number of benzene rings is 2. The molecule has 4 heteroatoms. The number of rotatable bonds is 1. The summed E-state index contributed by atoms with van der Waals surface area (Å²) >= 11 is 1.86. The maximum absolute atomic E-state index is 12.8. The van der Waals surface area contributed by atoms with Crippen molar-refractivity contribution in [2.75, 3.05) is 12.3 Å². The molecule has 1 atom stereocenters. The van der Waals surface area contributed by atoms with Crippen molar-refractivity contribution in [2.45, 2.75) is 4.87 Å². The highest BCUT2D eigenvalue weighted by molar-refractivity contribution is 8.00. The molecule has 1 saturated heterocycles. The van der Waals surface area contributed by atoms with Crippen LogP contribution in [0.3, 0.4) is 0 Å². The van der Waals surface area contributed by atoms with Crippen LogP contribution in [0.4, 0.5) is 0 Å². The van der Waals surface area contributed by atoms with E-state index >= 15 is 0 Å². The van der Waals surface area contributed by atoms with E-state index < -0.39 is 0 Å². The Morgan fingerprint density at radius 1 is 1.05 bits per heavy atom. The molecule has 1 N–H and O–H groups in total. The fourth-order valence-electron chi connectivity index (χ4n) is 3.82. The number of hydrogen-bond acceptors (Lipinski definition) is 2. The van der Waals surface area contributed by atoms with Crippen LogP contribution < -0.4 is 0 Å². The predicted molar refractivity (Wildman–Crippen MR) is 89.0 cm³/mol. The lowest BCUT2D eigenvalue weighted by molar-refractivity contribution is 0.0753. The van der Waals surface area contributed by atoms with Crippen molar-refractivity contribution in [1.82, 2.24) is 9.88 Å². The average molecular weight is 306 g/mol. The molecule has 0 spiro atoms. The Balaban J connectivity index is 1.87. The summed E-state index contributed by atoms with van der Waals surface area (Å²) in [6, 6.07) is 16.4. The van der Waals surface area contributed by atoms with Gasteiger partial charge < -0.3 is 9.88 Å². The van der Waals surface area contributed by atoms with Crippen LogP contribution in [-0.2, 0) is 4.87 Å². The van der Waals surface area contributed by atoms with E-state index in [0.717, 1.165) is 28.9 Å². The van der Waals surface area contributed by atoms with Crippen molar-refractivity contribution < 1.29 is 4.79 Å². The molecule has 1 unspecified atom stereocenters. The lowest BCUT2D eigenvalue weighted by atomic mass is 9.96. The highest BCUT2D eigenvalue weighted by Gasteiger charge is 2.55. The number of fused-ring (bicyclic) bond motifs is 4. The minimum absolute atomic E-state index is 0.158. The monoisotopic (exact) mass is 306 g/mol. The minimum Gasteiger partial charge on any atom is -0.361 e. The maximum Gasteiger partial charge on any atom is 0.255 e. The van der Waals surface area contributed by atoms with Gasteiger partial charge in [0.2, 0.25) is 0 Å². The van der Waals surface area contributed by atoms with Crippen LogP contribution in [0.1, 0.15) is 21.5 Å². The first-order chi connectivity index (χ1) is 10.8. The van der Waals surface area contributed by atoms with Crippen molar-refractivity contribution in [3.63, 3.8) is 0 Å². The number of amides is 1. The quantitative estimate of drug-likeness (QED) is 0.746. The number of carbonyl (C=O) groups excluding carboxylic acids is 1. The molecule has 3 nitrogen and oxygen atoms in total. The summed E-state index contributed by atoms with van der Waals surface area (Å²) in [5, 5.41) is 1.20. The summed E-state index contributed by atoms with van der Waals surface area (Å²) in [5.41, 5.74) is 4.30. The Morgan fingerprint density at radius 3 is 2.82 bits per heavy atom. The van der Waals surface area contributed by atoms with Crippen LogP contribution >= 0.6 is 11.8 Å². The molecule has 3 aromatic rings. The van der Waals surface area contributed by atoms with E-state index in [9.17, 15) is 4.79 Å². The van der Waals surface area contributed by atoms with Crippen molar-refractivity contribution in [2.24, 2.45) is 0 Å². The number of nitrogens with one attached hydrogen (secondary N) is 1. The number of nitrogens with zero attached hydrogens (tertiary/aromatic N) is 1. The van der Waals surface area contributed by atoms with Crippen molar-refractivity contribution in [1.29, 1.82) is 0 Å². The zero-order valence-electron chi connectivity index (χ0n) is 11.9. The Bertz CT molecular complexity index is 916. The molecule has 2 aliphatic heterocycles. The Labute approximate surface area is 132 Å². The second kappa shape index (κ2) is 4.17. The van der Waals surface area contributed by atoms with Gasteiger partial charge in [0.05, 0.1) is 0 Å². The maximum atomic E-state index is 12.8. The molecule has 1 amide bonds. The normalized spacial score (nSPS) is 23.1. The first-order valence-corrected chi connectivity index (χ1v) is 8.43. The zero-order valence-corrected chi connectivity index (χ0v) is 12.7. The fraction of sp³-hybridized carbons (Fsp3) is 0.167. The molecule has 3 heterocycles. The summed E-state index contributed by atoms with van der Waals surface area (Å²) in [7, 11) is 0. The van der Waals surface area contributed by atoms with Gasteiger partial charge in [-0.2, -0.15) is 0 Å². The number of aromatic amines is 1. The summed E-state index contributed by atoms with van der Waals surface area (Å²) in [6.45, 7) is 0.803. The van der Waals surface area contributed by atoms with Crippen LogP contribution in [0.15, 0.2) is 54.7 Å². The van der Waals surface area contributed by atoms with Gasteiger partial charge in [-0.25, -0.2) is 0 Å². The zero-order chi connectivity index (χ0) is 14.7. The van der Waals surface area contributed by atoms with Crippen LogP contribution in [-0.4, -0.2) is 28.1 Å². The smallest absolute Gasteiger partial charge is 0.255 e. The van der Waals surface area contributed by atoms with E-state index in [-0.39, 0.29) is 10.8 Å². The number of carbonyl (C=O) groups is 1. The Hall–Kier alpha value is -2.20. The average Bonchev–Trinajstić information content (AvgIpc) is 3.23. The van der Waals surface area contributed by atoms with E-state index in [1.54, 1.807) is 0 Å². The molecular weight excluding hydrogens is 292 g/mol. The van der Waals surface area contributed by atoms with Crippen LogP contribution in [0.25, 0.3) is 10.9 Å². The van der Waals surface area contributed by atoms with Crippen LogP contribution in [0.5, 0.6) is 0 Å². The first-order valence-electron chi connectivity index (χ1n) is 7.44. The SMILES string of the molecule is O=C1c2ccccc2C2(c3c[nH]c4ccccc34)SCCN12. The van der Waals surface area contributed by atoms with Gasteiger partial charge in [-0.05, 0) is 12.1 Å². The van der Waals surface area contributed by atoms with Gasteiger partial charge in [0.25, 0.3) is 5.91 Å². The minimum atomic E-state index is -0.368. The topological polar surface area (TPSA) is 36.1 Å². The number of aromatic nitrogens is 1. The number of para-hydroxylation sites is 1. The fourth-order valence-corrected chi connectivity index (χ4v) is 5.38. The molecule has 0 aliphatic carbocycles. The Morgan fingerprint density at radius 2 is 1.86 bits per heavy atom. The molecule has 22 heavy (non-hydrogen) atoms. The Kier molecular flexibility index (Phi) is 2.34. The molecule has 1 fully saturated rings. The molecular formula is C18H14N2OS. The molecule has 0 bridgehead atoms. The molecule has 0 saturated carbocycles. The van der Waals surface area contributed by atoms with Gasteiger partial charge in [0.15, 0.2) is 0 Å². The number of H-pyrrole nitrogens is 1. The van der Waals surface area contributed by atoms with Gasteiger partial charge in [-0.15, -0.1) is 11.8 Å². The molecule has 2 aliphatic rings. The van der Waals surface area contributed by atoms with E-state index in [0.29, 0.717) is 0 Å².